The molecule has 2 aromatic rings. The highest BCUT2D eigenvalue weighted by Crippen LogP contribution is 2.39. The summed E-state index contributed by atoms with van der Waals surface area (Å²) >= 11 is 0. The summed E-state index contributed by atoms with van der Waals surface area (Å²) in [7, 11) is 0. The van der Waals surface area contributed by atoms with Crippen molar-refractivity contribution in [3.05, 3.63) is 59.2 Å². The minimum atomic E-state index is 0.698. The van der Waals surface area contributed by atoms with Crippen molar-refractivity contribution in [1.29, 1.82) is 0 Å². The van der Waals surface area contributed by atoms with Crippen molar-refractivity contribution in [3.8, 4) is 0 Å². The molecule has 0 spiro atoms. The number of nitrogens with two attached hydrogens (primary N) is 1. The van der Waals surface area contributed by atoms with E-state index in [0.717, 1.165) is 25.2 Å². The molecule has 0 saturated heterocycles. The van der Waals surface area contributed by atoms with Crippen LogP contribution in [0.4, 0.5) is 11.4 Å². The lowest BCUT2D eigenvalue weighted by Gasteiger charge is -2.34. The topological polar surface area (TPSA) is 29.3 Å². The van der Waals surface area contributed by atoms with Gasteiger partial charge in [0.05, 0.1) is 0 Å². The fourth-order valence-corrected chi connectivity index (χ4v) is 3.51. The molecular formula is C17H18N2. The third-order valence-corrected chi connectivity index (χ3v) is 4.56. The summed E-state index contributed by atoms with van der Waals surface area (Å²) in [4.78, 5) is 2.51. The number of nitrogens with zero attached hydrogens (tertiary/aromatic N) is 1. The highest BCUT2D eigenvalue weighted by atomic mass is 15.2. The maximum atomic E-state index is 6.06. The lowest BCUT2D eigenvalue weighted by atomic mass is 9.77. The summed E-state index contributed by atoms with van der Waals surface area (Å²) < 4.78 is 0. The van der Waals surface area contributed by atoms with Gasteiger partial charge in [0.1, 0.15) is 0 Å². The minimum absolute atomic E-state index is 0.698. The van der Waals surface area contributed by atoms with Crippen LogP contribution < -0.4 is 10.6 Å². The second-order valence-electron chi connectivity index (χ2n) is 5.64. The Balaban J connectivity index is 1.57. The lowest BCUT2D eigenvalue weighted by Crippen LogP contribution is -2.32. The van der Waals surface area contributed by atoms with E-state index in [4.69, 9.17) is 5.73 Å². The van der Waals surface area contributed by atoms with E-state index in [1.807, 2.05) is 6.07 Å². The fourth-order valence-electron chi connectivity index (χ4n) is 3.51. The first-order valence-corrected chi connectivity index (χ1v) is 7.03. The molecule has 2 N–H and O–H groups in total. The van der Waals surface area contributed by atoms with Crippen molar-refractivity contribution in [1.82, 2.24) is 0 Å². The van der Waals surface area contributed by atoms with Crippen LogP contribution in [0.5, 0.6) is 0 Å². The Hall–Kier alpha value is -1.96. The van der Waals surface area contributed by atoms with Crippen LogP contribution >= 0.6 is 0 Å². The van der Waals surface area contributed by atoms with Crippen molar-refractivity contribution in [2.24, 2.45) is 0 Å². The summed E-state index contributed by atoms with van der Waals surface area (Å²) in [6.45, 7) is 2.25. The molecule has 0 bridgehead atoms. The number of benzene rings is 2. The molecule has 96 valence electrons. The SMILES string of the molecule is Nc1cccc2c1CCN2CC1Cc2ccccc21. The molecule has 1 atom stereocenters. The number of hydrogen-bond acceptors (Lipinski definition) is 2. The van der Waals surface area contributed by atoms with E-state index in [0.29, 0.717) is 5.92 Å². The molecule has 1 heterocycles. The zero-order valence-corrected chi connectivity index (χ0v) is 11.0. The van der Waals surface area contributed by atoms with E-state index in [1.54, 1.807) is 5.56 Å². The Labute approximate surface area is 113 Å². The van der Waals surface area contributed by atoms with Crippen LogP contribution in [0.25, 0.3) is 0 Å². The molecule has 0 aromatic heterocycles. The molecule has 1 aliphatic heterocycles. The molecule has 0 saturated carbocycles. The third-order valence-electron chi connectivity index (χ3n) is 4.56. The number of rotatable bonds is 2. The van der Waals surface area contributed by atoms with Crippen LogP contribution in [-0.4, -0.2) is 13.1 Å². The van der Waals surface area contributed by atoms with Gasteiger partial charge in [0, 0.05) is 35.9 Å². The number of fused-ring (bicyclic) bond motifs is 2. The van der Waals surface area contributed by atoms with Crippen molar-refractivity contribution >= 4 is 11.4 Å². The number of nitrogen functional groups attached to an aromatic ring is 1. The van der Waals surface area contributed by atoms with Gasteiger partial charge in [-0.2, -0.15) is 0 Å². The van der Waals surface area contributed by atoms with Crippen molar-refractivity contribution in [2.75, 3.05) is 23.7 Å². The molecule has 1 aliphatic carbocycles. The Bertz CT molecular complexity index is 633. The molecule has 0 radical (unpaired) electrons. The second kappa shape index (κ2) is 4.02. The lowest BCUT2D eigenvalue weighted by molar-refractivity contribution is 0.590. The first kappa shape index (κ1) is 10.9. The standard InChI is InChI=1S/C17H18N2/c18-16-6-3-7-17-15(16)8-9-19(17)11-13-10-12-4-1-2-5-14(12)13/h1-7,13H,8-11,18H2. The third kappa shape index (κ3) is 1.63. The van der Waals surface area contributed by atoms with Gasteiger partial charge >= 0.3 is 0 Å². The summed E-state index contributed by atoms with van der Waals surface area (Å²) in [6, 6.07) is 15.1. The normalized spacial score (nSPS) is 19.8. The minimum Gasteiger partial charge on any atom is -0.398 e. The average molecular weight is 250 g/mol. The van der Waals surface area contributed by atoms with E-state index in [2.05, 4.69) is 41.3 Å². The van der Waals surface area contributed by atoms with Gasteiger partial charge in [0.15, 0.2) is 0 Å². The maximum absolute atomic E-state index is 6.06. The Morgan fingerprint density at radius 3 is 2.89 bits per heavy atom. The largest absolute Gasteiger partial charge is 0.398 e. The zero-order chi connectivity index (χ0) is 12.8. The predicted molar refractivity (Wildman–Crippen MR) is 79.7 cm³/mol. The highest BCUT2D eigenvalue weighted by molar-refractivity contribution is 5.68. The monoisotopic (exact) mass is 250 g/mol. The Morgan fingerprint density at radius 1 is 1.11 bits per heavy atom. The second-order valence-corrected chi connectivity index (χ2v) is 5.64. The van der Waals surface area contributed by atoms with Crippen LogP contribution in [0.15, 0.2) is 42.5 Å². The molecule has 4 rings (SSSR count). The summed E-state index contributed by atoms with van der Waals surface area (Å²) in [5.74, 6) is 0.698. The first-order valence-electron chi connectivity index (χ1n) is 7.03. The van der Waals surface area contributed by atoms with Gasteiger partial charge in [-0.3, -0.25) is 0 Å². The van der Waals surface area contributed by atoms with Crippen molar-refractivity contribution in [2.45, 2.75) is 18.8 Å². The zero-order valence-electron chi connectivity index (χ0n) is 11.0. The molecule has 2 aliphatic rings. The summed E-state index contributed by atoms with van der Waals surface area (Å²) in [6.07, 6.45) is 2.32. The maximum Gasteiger partial charge on any atom is 0.0420 e. The molecule has 1 unspecified atom stereocenters. The molecule has 0 fully saturated rings. The molecule has 19 heavy (non-hydrogen) atoms. The molecular weight excluding hydrogens is 232 g/mol. The molecule has 2 nitrogen and oxygen atoms in total. The van der Waals surface area contributed by atoms with Crippen LogP contribution in [0.1, 0.15) is 22.6 Å². The fraction of sp³-hybridized carbons (Fsp3) is 0.294. The molecule has 0 amide bonds. The first-order chi connectivity index (χ1) is 9.33. The van der Waals surface area contributed by atoms with Crippen molar-refractivity contribution < 1.29 is 0 Å². The molecule has 2 aromatic carbocycles. The van der Waals surface area contributed by atoms with Crippen LogP contribution in [0, 0.1) is 0 Å². The van der Waals surface area contributed by atoms with Gasteiger partial charge in [-0.25, -0.2) is 0 Å². The van der Waals surface area contributed by atoms with E-state index in [1.165, 1.54) is 23.2 Å². The smallest absolute Gasteiger partial charge is 0.0420 e. The summed E-state index contributed by atoms with van der Waals surface area (Å²) in [5.41, 5.74) is 12.8. The van der Waals surface area contributed by atoms with Gasteiger partial charge in [0.2, 0.25) is 0 Å². The Kier molecular flexibility index (Phi) is 2.31. The average Bonchev–Trinajstić information content (AvgIpc) is 2.81. The molecule has 2 heteroatoms. The quantitative estimate of drug-likeness (QED) is 0.830. The van der Waals surface area contributed by atoms with E-state index < -0.39 is 0 Å². The van der Waals surface area contributed by atoms with E-state index >= 15 is 0 Å². The van der Waals surface area contributed by atoms with Gasteiger partial charge in [-0.15, -0.1) is 0 Å². The van der Waals surface area contributed by atoms with Crippen LogP contribution in [-0.2, 0) is 12.8 Å². The van der Waals surface area contributed by atoms with E-state index in [-0.39, 0.29) is 0 Å². The summed E-state index contributed by atoms with van der Waals surface area (Å²) in [5, 5.41) is 0. The van der Waals surface area contributed by atoms with Gasteiger partial charge < -0.3 is 10.6 Å². The van der Waals surface area contributed by atoms with Gasteiger partial charge in [-0.05, 0) is 36.1 Å². The van der Waals surface area contributed by atoms with Gasteiger partial charge in [0.25, 0.3) is 0 Å². The van der Waals surface area contributed by atoms with Crippen LogP contribution in [0.3, 0.4) is 0 Å². The predicted octanol–water partition coefficient (Wildman–Crippen LogP) is 2.97. The highest BCUT2D eigenvalue weighted by Gasteiger charge is 2.30. The van der Waals surface area contributed by atoms with E-state index in [9.17, 15) is 0 Å². The Morgan fingerprint density at radius 2 is 2.00 bits per heavy atom. The number of anilines is 2. The van der Waals surface area contributed by atoms with Crippen molar-refractivity contribution in [3.63, 3.8) is 0 Å². The van der Waals surface area contributed by atoms with Crippen LogP contribution in [0.2, 0.25) is 0 Å². The van der Waals surface area contributed by atoms with Gasteiger partial charge in [-0.1, -0.05) is 30.3 Å². The number of hydrogen-bond donors (Lipinski definition) is 1.